The molecule has 0 aliphatic heterocycles. The summed E-state index contributed by atoms with van der Waals surface area (Å²) in [6, 6.07) is 3.49. The van der Waals surface area contributed by atoms with Gasteiger partial charge in [0.2, 0.25) is 0 Å². The molecule has 2 rings (SSSR count). The van der Waals surface area contributed by atoms with Crippen molar-refractivity contribution in [1.29, 1.82) is 0 Å². The van der Waals surface area contributed by atoms with E-state index in [2.05, 4.69) is 42.3 Å². The zero-order valence-corrected chi connectivity index (χ0v) is 16.3. The number of aliphatic hydroxyl groups excluding tert-OH is 1. The average Bonchev–Trinajstić information content (AvgIpc) is 2.84. The number of hydrogen-bond acceptors (Lipinski definition) is 4. The molecule has 1 amide bonds. The van der Waals surface area contributed by atoms with Crippen LogP contribution in [-0.2, 0) is 4.79 Å². The van der Waals surface area contributed by atoms with Crippen LogP contribution in [-0.4, -0.2) is 31.9 Å². The van der Waals surface area contributed by atoms with E-state index in [-0.39, 0.29) is 38.3 Å². The molecule has 134 valence electrons. The van der Waals surface area contributed by atoms with E-state index in [4.69, 9.17) is 16.7 Å². The first-order valence-corrected chi connectivity index (χ1v) is 8.77. The summed E-state index contributed by atoms with van der Waals surface area (Å²) in [4.78, 5) is 23.0. The fraction of sp³-hybridized carbons (Fsp3) is 0.214. The summed E-state index contributed by atoms with van der Waals surface area (Å²) in [5, 5.41) is 25.2. The van der Waals surface area contributed by atoms with Crippen LogP contribution in [0.25, 0.3) is 0 Å². The molecule has 1 atom stereocenters. The molecule has 11 heteroatoms. The van der Waals surface area contributed by atoms with Gasteiger partial charge in [-0.05, 0) is 50.1 Å². The van der Waals surface area contributed by atoms with E-state index in [9.17, 15) is 19.1 Å². The monoisotopic (exact) mass is 497 g/mol. The number of nitrogens with one attached hydrogen (secondary N) is 1. The van der Waals surface area contributed by atoms with Crippen LogP contribution >= 0.6 is 43.5 Å². The fourth-order valence-electron chi connectivity index (χ4n) is 1.88. The van der Waals surface area contributed by atoms with Crippen molar-refractivity contribution in [3.05, 3.63) is 43.8 Å². The minimum atomic E-state index is -1.24. The minimum absolute atomic E-state index is 0.0180. The Hall–Kier alpha value is -1.49. The van der Waals surface area contributed by atoms with Gasteiger partial charge in [-0.15, -0.1) is 0 Å². The lowest BCUT2D eigenvalue weighted by atomic mass is 10.3. The number of aliphatic hydroxyl groups is 1. The Kier molecular flexibility index (Phi) is 6.55. The average molecular weight is 500 g/mol. The summed E-state index contributed by atoms with van der Waals surface area (Å²) < 4.78 is 14.7. The number of aromatic nitrogens is 2. The van der Waals surface area contributed by atoms with Crippen molar-refractivity contribution in [2.75, 3.05) is 5.32 Å². The van der Waals surface area contributed by atoms with Gasteiger partial charge in [0.05, 0.1) is 15.2 Å². The molecule has 1 aromatic carbocycles. The van der Waals surface area contributed by atoms with Crippen LogP contribution in [0.5, 0.6) is 0 Å². The molecule has 0 spiro atoms. The van der Waals surface area contributed by atoms with Crippen LogP contribution < -0.4 is 5.32 Å². The van der Waals surface area contributed by atoms with Crippen molar-refractivity contribution in [2.24, 2.45) is 0 Å². The number of carboxylic acids is 1. The van der Waals surface area contributed by atoms with Crippen molar-refractivity contribution in [3.63, 3.8) is 0 Å². The van der Waals surface area contributed by atoms with Gasteiger partial charge in [0, 0.05) is 12.8 Å². The third-order valence-corrected chi connectivity index (χ3v) is 5.45. The molecule has 2 aromatic rings. The number of nitrogens with zero attached hydrogens (tertiary/aromatic N) is 2. The Labute approximate surface area is 163 Å². The highest BCUT2D eigenvalue weighted by molar-refractivity contribution is 9.13. The first-order chi connectivity index (χ1) is 11.7. The third kappa shape index (κ3) is 4.78. The number of hydrogen-bond donors (Lipinski definition) is 3. The molecular weight excluding hydrogens is 488 g/mol. The zero-order chi connectivity index (χ0) is 18.7. The maximum absolute atomic E-state index is 13.1. The molecule has 0 fully saturated rings. The molecule has 0 radical (unpaired) electrons. The second-order valence-corrected chi connectivity index (χ2v) is 6.84. The number of amides is 1. The highest BCUT2D eigenvalue weighted by Crippen LogP contribution is 2.31. The second-order valence-electron chi connectivity index (χ2n) is 4.89. The number of carbonyl (C=O) groups excluding carboxylic acids is 1. The highest BCUT2D eigenvalue weighted by atomic mass is 79.9. The van der Waals surface area contributed by atoms with Crippen LogP contribution in [0.3, 0.4) is 0 Å². The van der Waals surface area contributed by atoms with E-state index in [1.807, 2.05) is 0 Å². The molecule has 0 saturated carbocycles. The van der Waals surface area contributed by atoms with E-state index in [0.29, 0.717) is 0 Å². The van der Waals surface area contributed by atoms with Crippen molar-refractivity contribution >= 4 is 61.0 Å². The fourth-order valence-corrected chi connectivity index (χ4v) is 3.04. The quantitative estimate of drug-likeness (QED) is 0.561. The van der Waals surface area contributed by atoms with Crippen LogP contribution in [0.1, 0.15) is 29.6 Å². The molecule has 0 bridgehead atoms. The number of carbonyl (C=O) groups is 2. The SMILES string of the molecule is O=C(O)CCC(O)n1nc(C(=O)Nc2ccc(F)cc2Cl)c(Br)c1Br. The number of halogens is 4. The Bertz CT molecular complexity index is 831. The first kappa shape index (κ1) is 19.8. The molecule has 0 saturated heterocycles. The van der Waals surface area contributed by atoms with Gasteiger partial charge in [-0.1, -0.05) is 11.6 Å². The van der Waals surface area contributed by atoms with E-state index in [1.165, 1.54) is 6.07 Å². The summed E-state index contributed by atoms with van der Waals surface area (Å²) in [7, 11) is 0. The van der Waals surface area contributed by atoms with Crippen molar-refractivity contribution in [3.8, 4) is 0 Å². The molecular formula is C14H11Br2ClFN3O4. The van der Waals surface area contributed by atoms with Gasteiger partial charge in [0.25, 0.3) is 5.91 Å². The molecule has 1 heterocycles. The largest absolute Gasteiger partial charge is 0.481 e. The maximum Gasteiger partial charge on any atom is 0.303 e. The van der Waals surface area contributed by atoms with E-state index in [0.717, 1.165) is 16.8 Å². The number of aliphatic carboxylic acids is 1. The van der Waals surface area contributed by atoms with Crippen molar-refractivity contribution in [1.82, 2.24) is 9.78 Å². The van der Waals surface area contributed by atoms with Gasteiger partial charge in [-0.25, -0.2) is 9.07 Å². The lowest BCUT2D eigenvalue weighted by molar-refractivity contribution is -0.138. The highest BCUT2D eigenvalue weighted by Gasteiger charge is 2.24. The molecule has 1 aromatic heterocycles. The molecule has 0 aliphatic carbocycles. The van der Waals surface area contributed by atoms with Gasteiger partial charge in [-0.3, -0.25) is 9.59 Å². The van der Waals surface area contributed by atoms with E-state index < -0.39 is 23.9 Å². The third-order valence-electron chi connectivity index (χ3n) is 3.09. The lowest BCUT2D eigenvalue weighted by Crippen LogP contribution is -2.16. The van der Waals surface area contributed by atoms with Gasteiger partial charge < -0.3 is 15.5 Å². The number of rotatable bonds is 6. The summed E-state index contributed by atoms with van der Waals surface area (Å²) in [5.74, 6) is -2.26. The molecule has 1 unspecified atom stereocenters. The summed E-state index contributed by atoms with van der Waals surface area (Å²) >= 11 is 12.2. The number of benzene rings is 1. The standard InChI is InChI=1S/C14H11Br2ClFN3O4/c15-11-12(14(25)19-8-2-1-6(18)5-7(8)17)20-21(13(11)16)9(22)3-4-10(23)24/h1-2,5,9,22H,3-4H2,(H,19,25)(H,23,24). The Morgan fingerprint density at radius 1 is 1.40 bits per heavy atom. The van der Waals surface area contributed by atoms with Crippen LogP contribution in [0.2, 0.25) is 5.02 Å². The van der Waals surface area contributed by atoms with E-state index >= 15 is 0 Å². The normalized spacial score (nSPS) is 12.0. The van der Waals surface area contributed by atoms with Crippen LogP contribution in [0.4, 0.5) is 10.1 Å². The van der Waals surface area contributed by atoms with E-state index in [1.54, 1.807) is 0 Å². The number of carboxylic acid groups (broad SMARTS) is 1. The predicted molar refractivity (Wildman–Crippen MR) is 95.1 cm³/mol. The molecule has 7 nitrogen and oxygen atoms in total. The Morgan fingerprint density at radius 2 is 2.08 bits per heavy atom. The van der Waals surface area contributed by atoms with Crippen LogP contribution in [0, 0.1) is 5.82 Å². The smallest absolute Gasteiger partial charge is 0.303 e. The molecule has 3 N–H and O–H groups in total. The number of anilines is 1. The molecule has 0 aliphatic rings. The van der Waals surface area contributed by atoms with Crippen molar-refractivity contribution in [2.45, 2.75) is 19.1 Å². The minimum Gasteiger partial charge on any atom is -0.481 e. The lowest BCUT2D eigenvalue weighted by Gasteiger charge is -2.10. The Morgan fingerprint density at radius 3 is 2.68 bits per heavy atom. The van der Waals surface area contributed by atoms with Gasteiger partial charge >= 0.3 is 5.97 Å². The van der Waals surface area contributed by atoms with Gasteiger partial charge in [0.1, 0.15) is 16.6 Å². The van der Waals surface area contributed by atoms with Gasteiger partial charge in [0.15, 0.2) is 5.69 Å². The molecule has 25 heavy (non-hydrogen) atoms. The first-order valence-electron chi connectivity index (χ1n) is 6.80. The second kappa shape index (κ2) is 8.26. The topological polar surface area (TPSA) is 104 Å². The Balaban J connectivity index is 2.22. The summed E-state index contributed by atoms with van der Waals surface area (Å²) in [6.45, 7) is 0. The van der Waals surface area contributed by atoms with Crippen LogP contribution in [0.15, 0.2) is 27.3 Å². The summed E-state index contributed by atoms with van der Waals surface area (Å²) in [5.41, 5.74) is 0.124. The predicted octanol–water partition coefficient (Wildman–Crippen LogP) is 3.81. The van der Waals surface area contributed by atoms with Crippen molar-refractivity contribution < 1.29 is 24.2 Å². The summed E-state index contributed by atoms with van der Waals surface area (Å²) in [6.07, 6.45) is -1.59. The van der Waals surface area contributed by atoms with Gasteiger partial charge in [-0.2, -0.15) is 5.10 Å². The zero-order valence-electron chi connectivity index (χ0n) is 12.3. The maximum atomic E-state index is 13.1.